The van der Waals surface area contributed by atoms with Gasteiger partial charge in [0.1, 0.15) is 0 Å². The smallest absolute Gasteiger partial charge is 0.0813 e. The molecule has 3 N–H and O–H groups in total. The molecule has 0 fully saturated rings. The topological polar surface area (TPSA) is 46.2 Å². The lowest BCUT2D eigenvalue weighted by molar-refractivity contribution is 0.168. The lowest BCUT2D eigenvalue weighted by atomic mass is 10.0. The number of nitrogens with two attached hydrogens (primary N) is 1. The molecule has 0 saturated carbocycles. The molecule has 0 saturated heterocycles. The maximum atomic E-state index is 10.1. The van der Waals surface area contributed by atoms with Gasteiger partial charge < -0.3 is 10.8 Å². The summed E-state index contributed by atoms with van der Waals surface area (Å²) in [5.74, 6) is 0. The van der Waals surface area contributed by atoms with Gasteiger partial charge in [0.2, 0.25) is 0 Å². The van der Waals surface area contributed by atoms with Crippen molar-refractivity contribution in [3.63, 3.8) is 0 Å². The molecule has 2 nitrogen and oxygen atoms in total. The van der Waals surface area contributed by atoms with Gasteiger partial charge in [-0.15, -0.1) is 0 Å². The summed E-state index contributed by atoms with van der Waals surface area (Å²) >= 11 is 11.8. The molecule has 0 spiro atoms. The molecular weight excluding hydrogens is 281 g/mol. The lowest BCUT2D eigenvalue weighted by Crippen LogP contribution is -2.03. The third-order valence-electron chi connectivity index (χ3n) is 3.05. The number of para-hydroxylation sites is 1. The molecule has 0 unspecified atom stereocenters. The molecule has 0 bridgehead atoms. The minimum Gasteiger partial charge on any atom is -0.398 e. The minimum atomic E-state index is -0.573. The third-order valence-corrected chi connectivity index (χ3v) is 3.78. The molecular formula is C15H15Cl2NO. The summed E-state index contributed by atoms with van der Waals surface area (Å²) in [6, 6.07) is 12.9. The quantitative estimate of drug-likeness (QED) is 0.829. The van der Waals surface area contributed by atoms with Crippen molar-refractivity contribution in [2.45, 2.75) is 18.9 Å². The maximum absolute atomic E-state index is 10.1. The van der Waals surface area contributed by atoms with Crippen LogP contribution in [0.2, 0.25) is 10.0 Å². The van der Waals surface area contributed by atoms with E-state index in [1.807, 2.05) is 30.3 Å². The molecule has 0 aliphatic rings. The van der Waals surface area contributed by atoms with Crippen molar-refractivity contribution in [2.24, 2.45) is 0 Å². The number of hydrogen-bond acceptors (Lipinski definition) is 2. The van der Waals surface area contributed by atoms with Crippen molar-refractivity contribution < 1.29 is 5.11 Å². The predicted molar refractivity (Wildman–Crippen MR) is 80.6 cm³/mol. The molecule has 4 heteroatoms. The zero-order valence-electron chi connectivity index (χ0n) is 10.3. The molecule has 19 heavy (non-hydrogen) atoms. The Bertz CT molecular complexity index is 572. The first-order valence-corrected chi connectivity index (χ1v) is 6.80. The van der Waals surface area contributed by atoms with Crippen LogP contribution in [0.4, 0.5) is 5.69 Å². The highest BCUT2D eigenvalue weighted by Crippen LogP contribution is 2.26. The van der Waals surface area contributed by atoms with Crippen LogP contribution in [0.15, 0.2) is 42.5 Å². The van der Waals surface area contributed by atoms with E-state index in [0.717, 1.165) is 11.1 Å². The first-order valence-electron chi connectivity index (χ1n) is 6.04. The van der Waals surface area contributed by atoms with Crippen molar-refractivity contribution in [1.82, 2.24) is 0 Å². The maximum Gasteiger partial charge on any atom is 0.0813 e. The lowest BCUT2D eigenvalue weighted by Gasteiger charge is -2.13. The Kier molecular flexibility index (Phi) is 4.70. The van der Waals surface area contributed by atoms with Crippen LogP contribution < -0.4 is 5.73 Å². The second-order valence-corrected chi connectivity index (χ2v) is 5.25. The van der Waals surface area contributed by atoms with Gasteiger partial charge in [0, 0.05) is 11.3 Å². The Balaban J connectivity index is 2.02. The van der Waals surface area contributed by atoms with Gasteiger partial charge in [0.15, 0.2) is 0 Å². The van der Waals surface area contributed by atoms with Crippen molar-refractivity contribution in [1.29, 1.82) is 0 Å². The Hall–Kier alpha value is -1.22. The van der Waals surface area contributed by atoms with E-state index >= 15 is 0 Å². The third kappa shape index (κ3) is 3.63. The molecule has 0 aliphatic heterocycles. The Labute approximate surface area is 122 Å². The van der Waals surface area contributed by atoms with Gasteiger partial charge >= 0.3 is 0 Å². The van der Waals surface area contributed by atoms with Crippen LogP contribution >= 0.6 is 23.2 Å². The number of halogens is 2. The van der Waals surface area contributed by atoms with Crippen LogP contribution in [-0.2, 0) is 6.42 Å². The van der Waals surface area contributed by atoms with E-state index in [4.69, 9.17) is 28.9 Å². The molecule has 2 aromatic rings. The summed E-state index contributed by atoms with van der Waals surface area (Å²) in [5, 5.41) is 11.2. The van der Waals surface area contributed by atoms with Crippen LogP contribution in [0.3, 0.4) is 0 Å². The van der Waals surface area contributed by atoms with Crippen LogP contribution in [0, 0.1) is 0 Å². The number of benzene rings is 2. The summed E-state index contributed by atoms with van der Waals surface area (Å²) in [7, 11) is 0. The molecule has 2 rings (SSSR count). The van der Waals surface area contributed by atoms with Gasteiger partial charge in [-0.25, -0.2) is 0 Å². The zero-order valence-corrected chi connectivity index (χ0v) is 11.8. The second-order valence-electron chi connectivity index (χ2n) is 4.43. The summed E-state index contributed by atoms with van der Waals surface area (Å²) in [6.07, 6.45) is 0.731. The fraction of sp³-hybridized carbons (Fsp3) is 0.200. The van der Waals surface area contributed by atoms with Crippen LogP contribution in [0.5, 0.6) is 0 Å². The Morgan fingerprint density at radius 2 is 1.79 bits per heavy atom. The van der Waals surface area contributed by atoms with Crippen LogP contribution in [0.25, 0.3) is 0 Å². The number of aliphatic hydroxyl groups excluding tert-OH is 1. The summed E-state index contributed by atoms with van der Waals surface area (Å²) in [5.41, 5.74) is 8.26. The van der Waals surface area contributed by atoms with Crippen LogP contribution in [-0.4, -0.2) is 5.11 Å². The van der Waals surface area contributed by atoms with E-state index in [-0.39, 0.29) is 0 Å². The first kappa shape index (κ1) is 14.2. The number of aliphatic hydroxyl groups is 1. The van der Waals surface area contributed by atoms with Gasteiger partial charge in [0.25, 0.3) is 0 Å². The largest absolute Gasteiger partial charge is 0.398 e. The highest BCUT2D eigenvalue weighted by atomic mass is 35.5. The minimum absolute atomic E-state index is 0.535. The van der Waals surface area contributed by atoms with Gasteiger partial charge in [-0.2, -0.15) is 0 Å². The van der Waals surface area contributed by atoms with E-state index in [1.165, 1.54) is 0 Å². The fourth-order valence-electron chi connectivity index (χ4n) is 1.97. The summed E-state index contributed by atoms with van der Waals surface area (Å²) < 4.78 is 0. The monoisotopic (exact) mass is 295 g/mol. The molecule has 0 amide bonds. The number of rotatable bonds is 4. The molecule has 100 valence electrons. The zero-order chi connectivity index (χ0) is 13.8. The van der Waals surface area contributed by atoms with Gasteiger partial charge in [0.05, 0.1) is 16.1 Å². The van der Waals surface area contributed by atoms with Crippen molar-refractivity contribution in [3.05, 3.63) is 63.6 Å². The second kappa shape index (κ2) is 6.29. The average molecular weight is 296 g/mol. The average Bonchev–Trinajstić information content (AvgIpc) is 2.40. The van der Waals surface area contributed by atoms with Gasteiger partial charge in [-0.05, 0) is 36.6 Å². The van der Waals surface area contributed by atoms with E-state index in [9.17, 15) is 5.11 Å². The Morgan fingerprint density at radius 3 is 2.47 bits per heavy atom. The van der Waals surface area contributed by atoms with E-state index < -0.39 is 6.10 Å². The van der Waals surface area contributed by atoms with E-state index in [0.29, 0.717) is 28.6 Å². The first-order chi connectivity index (χ1) is 9.08. The summed E-state index contributed by atoms with van der Waals surface area (Å²) in [6.45, 7) is 0. The molecule has 2 aromatic carbocycles. The van der Waals surface area contributed by atoms with E-state index in [2.05, 4.69) is 0 Å². The normalized spacial score (nSPS) is 12.4. The SMILES string of the molecule is Nc1ccccc1[C@@H](O)CCc1ccc(Cl)c(Cl)c1. The molecule has 0 heterocycles. The van der Waals surface area contributed by atoms with Gasteiger partial charge in [-0.3, -0.25) is 0 Å². The predicted octanol–water partition coefficient (Wildman–Crippen LogP) is 4.24. The summed E-state index contributed by atoms with van der Waals surface area (Å²) in [4.78, 5) is 0. The highest BCUT2D eigenvalue weighted by Gasteiger charge is 2.10. The number of hydrogen-bond donors (Lipinski definition) is 2. The van der Waals surface area contributed by atoms with Crippen LogP contribution in [0.1, 0.15) is 23.7 Å². The number of nitrogen functional groups attached to an aromatic ring is 1. The van der Waals surface area contributed by atoms with Gasteiger partial charge in [-0.1, -0.05) is 47.5 Å². The standard InChI is InChI=1S/C15H15Cl2NO/c16-12-7-5-10(9-13(12)17)6-8-15(19)11-3-1-2-4-14(11)18/h1-5,7,9,15,19H,6,8,18H2/t15-/m0/s1. The number of anilines is 1. The number of aryl methyl sites for hydroxylation is 1. The van der Waals surface area contributed by atoms with Crippen molar-refractivity contribution >= 4 is 28.9 Å². The van der Waals surface area contributed by atoms with Crippen molar-refractivity contribution in [2.75, 3.05) is 5.73 Å². The van der Waals surface area contributed by atoms with E-state index in [1.54, 1.807) is 12.1 Å². The molecule has 0 aliphatic carbocycles. The van der Waals surface area contributed by atoms with Crippen molar-refractivity contribution in [3.8, 4) is 0 Å². The fourth-order valence-corrected chi connectivity index (χ4v) is 2.29. The Morgan fingerprint density at radius 1 is 1.05 bits per heavy atom. The molecule has 0 aromatic heterocycles. The molecule has 0 radical (unpaired) electrons. The molecule has 1 atom stereocenters. The highest BCUT2D eigenvalue weighted by molar-refractivity contribution is 6.42.